The molecule has 0 aromatic rings. The lowest BCUT2D eigenvalue weighted by molar-refractivity contribution is -0.160. The van der Waals surface area contributed by atoms with Gasteiger partial charge >= 0.3 is 11.9 Å². The molecule has 0 spiro atoms. The van der Waals surface area contributed by atoms with Crippen LogP contribution in [0.4, 0.5) is 0 Å². The van der Waals surface area contributed by atoms with Crippen molar-refractivity contribution in [2.75, 3.05) is 19.8 Å². The van der Waals surface area contributed by atoms with Crippen molar-refractivity contribution in [3.63, 3.8) is 0 Å². The molecule has 1 saturated heterocycles. The first-order valence-corrected chi connectivity index (χ1v) is 6.35. The van der Waals surface area contributed by atoms with E-state index in [2.05, 4.69) is 5.32 Å². The highest BCUT2D eigenvalue weighted by molar-refractivity contribution is 6.02. The molecule has 0 radical (unpaired) electrons. The van der Waals surface area contributed by atoms with Gasteiger partial charge in [0.05, 0.1) is 13.2 Å². The van der Waals surface area contributed by atoms with Crippen molar-refractivity contribution in [1.29, 1.82) is 0 Å². The molecule has 0 saturated carbocycles. The van der Waals surface area contributed by atoms with Crippen LogP contribution in [-0.2, 0) is 28.6 Å². The molecule has 0 aromatic heterocycles. The van der Waals surface area contributed by atoms with E-state index in [1.54, 1.807) is 13.8 Å². The Morgan fingerprint density at radius 3 is 2.21 bits per heavy atom. The minimum atomic E-state index is -1.43. The van der Waals surface area contributed by atoms with Gasteiger partial charge in [-0.3, -0.25) is 4.79 Å². The molecule has 19 heavy (non-hydrogen) atoms. The number of amides is 1. The van der Waals surface area contributed by atoms with Crippen LogP contribution in [-0.4, -0.2) is 49.8 Å². The molecular formula is C12H19NO6. The Labute approximate surface area is 111 Å². The maximum Gasteiger partial charge on any atom is 0.340 e. The predicted octanol–water partition coefficient (Wildman–Crippen LogP) is -0.224. The molecule has 108 valence electrons. The number of ether oxygens (including phenoxy) is 3. The normalized spacial score (nSPS) is 18.2. The van der Waals surface area contributed by atoms with Crippen LogP contribution < -0.4 is 5.32 Å². The van der Waals surface area contributed by atoms with E-state index < -0.39 is 30.0 Å². The van der Waals surface area contributed by atoms with Gasteiger partial charge in [-0.2, -0.15) is 0 Å². The maximum absolute atomic E-state index is 11.8. The molecule has 0 unspecified atom stereocenters. The van der Waals surface area contributed by atoms with Crippen molar-refractivity contribution in [2.45, 2.75) is 38.8 Å². The van der Waals surface area contributed by atoms with E-state index in [1.807, 2.05) is 0 Å². The first kappa shape index (κ1) is 15.4. The van der Waals surface area contributed by atoms with Gasteiger partial charge < -0.3 is 19.5 Å². The van der Waals surface area contributed by atoms with E-state index in [9.17, 15) is 14.4 Å². The zero-order valence-electron chi connectivity index (χ0n) is 11.1. The number of nitrogens with one attached hydrogen (secondary N) is 1. The zero-order chi connectivity index (χ0) is 14.3. The van der Waals surface area contributed by atoms with Crippen LogP contribution >= 0.6 is 0 Å². The summed E-state index contributed by atoms with van der Waals surface area (Å²) >= 11 is 0. The molecule has 1 N–H and O–H groups in total. The van der Waals surface area contributed by atoms with Gasteiger partial charge in [0, 0.05) is 6.61 Å². The van der Waals surface area contributed by atoms with Gasteiger partial charge in [0.2, 0.25) is 11.9 Å². The second-order valence-corrected chi connectivity index (χ2v) is 3.95. The lowest BCUT2D eigenvalue weighted by Gasteiger charge is -2.17. The molecular weight excluding hydrogens is 254 g/mol. The number of hydrogen-bond donors (Lipinski definition) is 1. The molecule has 1 heterocycles. The third-order valence-electron chi connectivity index (χ3n) is 2.55. The topological polar surface area (TPSA) is 90.9 Å². The van der Waals surface area contributed by atoms with Crippen LogP contribution in [0.25, 0.3) is 0 Å². The molecule has 0 aliphatic carbocycles. The van der Waals surface area contributed by atoms with Crippen molar-refractivity contribution in [3.8, 4) is 0 Å². The lowest BCUT2D eigenvalue weighted by atomic mass is 10.2. The molecule has 7 heteroatoms. The summed E-state index contributed by atoms with van der Waals surface area (Å²) < 4.78 is 14.7. The maximum atomic E-state index is 11.8. The fourth-order valence-corrected chi connectivity index (χ4v) is 1.68. The third kappa shape index (κ3) is 4.51. The van der Waals surface area contributed by atoms with Gasteiger partial charge in [0.25, 0.3) is 0 Å². The molecule has 0 bridgehead atoms. The summed E-state index contributed by atoms with van der Waals surface area (Å²) in [4.78, 5) is 35.1. The Bertz CT molecular complexity index is 319. The summed E-state index contributed by atoms with van der Waals surface area (Å²) in [5.41, 5.74) is 0. The van der Waals surface area contributed by atoms with Crippen LogP contribution in [0.1, 0.15) is 26.7 Å². The molecule has 1 aliphatic rings. The van der Waals surface area contributed by atoms with Gasteiger partial charge in [0.15, 0.2) is 0 Å². The van der Waals surface area contributed by atoms with Crippen LogP contribution in [0.15, 0.2) is 0 Å². The summed E-state index contributed by atoms with van der Waals surface area (Å²) in [5.74, 6) is -2.15. The summed E-state index contributed by atoms with van der Waals surface area (Å²) in [6.45, 7) is 3.96. The summed E-state index contributed by atoms with van der Waals surface area (Å²) in [7, 11) is 0. The van der Waals surface area contributed by atoms with E-state index in [0.717, 1.165) is 6.42 Å². The zero-order valence-corrected chi connectivity index (χ0v) is 11.1. The first-order valence-electron chi connectivity index (χ1n) is 6.35. The fourth-order valence-electron chi connectivity index (χ4n) is 1.68. The molecule has 7 nitrogen and oxygen atoms in total. The molecule has 0 aromatic carbocycles. The number of esters is 2. The number of carbonyl (C=O) groups is 3. The van der Waals surface area contributed by atoms with Crippen LogP contribution in [0.3, 0.4) is 0 Å². The highest BCUT2D eigenvalue weighted by Gasteiger charge is 2.34. The van der Waals surface area contributed by atoms with Crippen LogP contribution in [0.5, 0.6) is 0 Å². The molecule has 1 amide bonds. The first-order chi connectivity index (χ1) is 9.10. The average molecular weight is 273 g/mol. The Morgan fingerprint density at radius 2 is 1.79 bits per heavy atom. The van der Waals surface area contributed by atoms with E-state index in [0.29, 0.717) is 13.0 Å². The molecule has 1 fully saturated rings. The Balaban J connectivity index is 2.64. The number of rotatable bonds is 6. The Morgan fingerprint density at radius 1 is 1.21 bits per heavy atom. The number of hydrogen-bond acceptors (Lipinski definition) is 6. The molecule has 1 atom stereocenters. The second kappa shape index (κ2) is 7.73. The van der Waals surface area contributed by atoms with E-state index in [-0.39, 0.29) is 13.2 Å². The smallest absolute Gasteiger partial charge is 0.340 e. The summed E-state index contributed by atoms with van der Waals surface area (Å²) in [6.07, 6.45) is 0.734. The standard InChI is InChI=1S/C12H19NO6/c1-3-17-11(15)9(12(16)18-4-2)13-10(14)8-6-5-7-19-8/h8-9H,3-7H2,1-2H3,(H,13,14)/t8-/m1/s1. The third-order valence-corrected chi connectivity index (χ3v) is 2.55. The van der Waals surface area contributed by atoms with Crippen molar-refractivity contribution in [1.82, 2.24) is 5.32 Å². The van der Waals surface area contributed by atoms with Gasteiger partial charge in [-0.25, -0.2) is 9.59 Å². The van der Waals surface area contributed by atoms with Gasteiger partial charge in [-0.1, -0.05) is 0 Å². The van der Waals surface area contributed by atoms with Crippen LogP contribution in [0, 0.1) is 0 Å². The fraction of sp³-hybridized carbons (Fsp3) is 0.750. The highest BCUT2D eigenvalue weighted by atomic mass is 16.6. The second-order valence-electron chi connectivity index (χ2n) is 3.95. The van der Waals surface area contributed by atoms with E-state index >= 15 is 0 Å². The van der Waals surface area contributed by atoms with Crippen molar-refractivity contribution >= 4 is 17.8 Å². The molecule has 1 aliphatic heterocycles. The highest BCUT2D eigenvalue weighted by Crippen LogP contribution is 2.12. The van der Waals surface area contributed by atoms with E-state index in [1.165, 1.54) is 0 Å². The predicted molar refractivity (Wildman–Crippen MR) is 64.2 cm³/mol. The number of carbonyl (C=O) groups excluding carboxylic acids is 3. The summed E-state index contributed by atoms with van der Waals surface area (Å²) in [5, 5.41) is 2.32. The van der Waals surface area contributed by atoms with Crippen molar-refractivity contribution in [2.24, 2.45) is 0 Å². The van der Waals surface area contributed by atoms with Gasteiger partial charge in [0.1, 0.15) is 6.10 Å². The van der Waals surface area contributed by atoms with E-state index in [4.69, 9.17) is 14.2 Å². The molecule has 1 rings (SSSR count). The lowest BCUT2D eigenvalue weighted by Crippen LogP contribution is -2.51. The average Bonchev–Trinajstić information content (AvgIpc) is 2.90. The van der Waals surface area contributed by atoms with Crippen LogP contribution in [0.2, 0.25) is 0 Å². The summed E-state index contributed by atoms with van der Waals surface area (Å²) in [6, 6.07) is -1.43. The largest absolute Gasteiger partial charge is 0.464 e. The Hall–Kier alpha value is -1.63. The monoisotopic (exact) mass is 273 g/mol. The minimum Gasteiger partial charge on any atom is -0.464 e. The van der Waals surface area contributed by atoms with Crippen molar-refractivity contribution in [3.05, 3.63) is 0 Å². The minimum absolute atomic E-state index is 0.116. The quantitative estimate of drug-likeness (QED) is 0.531. The van der Waals surface area contributed by atoms with Crippen molar-refractivity contribution < 1.29 is 28.6 Å². The Kier molecular flexibility index (Phi) is 6.27. The van der Waals surface area contributed by atoms with Gasteiger partial charge in [-0.05, 0) is 26.7 Å². The van der Waals surface area contributed by atoms with Gasteiger partial charge in [-0.15, -0.1) is 0 Å². The SMILES string of the molecule is CCOC(=O)C(NC(=O)[C@H]1CCCO1)C(=O)OCC.